The lowest BCUT2D eigenvalue weighted by Gasteiger charge is -2.13. The minimum absolute atomic E-state index is 0.0412. The number of amides is 1. The predicted molar refractivity (Wildman–Crippen MR) is 134 cm³/mol. The van der Waals surface area contributed by atoms with Crippen LogP contribution in [0.1, 0.15) is 27.8 Å². The van der Waals surface area contributed by atoms with Crippen LogP contribution in [0.15, 0.2) is 78.9 Å². The van der Waals surface area contributed by atoms with Crippen LogP contribution in [0.3, 0.4) is 0 Å². The zero-order chi connectivity index (χ0) is 24.5. The van der Waals surface area contributed by atoms with E-state index in [0.717, 1.165) is 16.7 Å². The van der Waals surface area contributed by atoms with Crippen LogP contribution in [0, 0.1) is 29.6 Å². The minimum atomic E-state index is -0.522. The van der Waals surface area contributed by atoms with E-state index in [-0.39, 0.29) is 12.2 Å². The van der Waals surface area contributed by atoms with E-state index in [2.05, 4.69) is 18.0 Å². The topological polar surface area (TPSA) is 85.9 Å². The number of anilines is 1. The fourth-order valence-electron chi connectivity index (χ4n) is 3.30. The third kappa shape index (κ3) is 5.92. The molecule has 0 radical (unpaired) electrons. The normalized spacial score (nSPS) is 10.6. The highest BCUT2D eigenvalue weighted by molar-refractivity contribution is 6.31. The number of allylic oxidation sites excluding steroid dienone is 1. The van der Waals surface area contributed by atoms with Gasteiger partial charge in [-0.25, -0.2) is 0 Å². The van der Waals surface area contributed by atoms with Crippen molar-refractivity contribution in [3.8, 4) is 17.9 Å². The Morgan fingerprint density at radius 1 is 1.12 bits per heavy atom. The van der Waals surface area contributed by atoms with Gasteiger partial charge in [0.25, 0.3) is 5.91 Å². The van der Waals surface area contributed by atoms with Gasteiger partial charge in [-0.2, -0.15) is 10.5 Å². The molecule has 3 aromatic carbocycles. The Balaban J connectivity index is 1.83. The Hall–Kier alpha value is -4.32. The summed E-state index contributed by atoms with van der Waals surface area (Å²) in [6.45, 7) is 5.84. The van der Waals surface area contributed by atoms with E-state index in [0.29, 0.717) is 34.0 Å². The summed E-state index contributed by atoms with van der Waals surface area (Å²) in [7, 11) is 0. The number of carbonyl (C=O) groups excluding carboxylic acids is 1. The number of rotatable bonds is 8. The Morgan fingerprint density at radius 3 is 2.65 bits per heavy atom. The molecule has 0 bridgehead atoms. The second-order valence-corrected chi connectivity index (χ2v) is 7.86. The zero-order valence-electron chi connectivity index (χ0n) is 18.6. The van der Waals surface area contributed by atoms with Gasteiger partial charge in [0, 0.05) is 16.3 Å². The van der Waals surface area contributed by atoms with Crippen LogP contribution in [0.5, 0.6) is 5.75 Å². The summed E-state index contributed by atoms with van der Waals surface area (Å²) in [5, 5.41) is 22.1. The Bertz CT molecular complexity index is 1350. The molecule has 0 aliphatic heterocycles. The molecule has 0 aliphatic carbocycles. The molecule has 0 aromatic heterocycles. The summed E-state index contributed by atoms with van der Waals surface area (Å²) in [4.78, 5) is 12.7. The van der Waals surface area contributed by atoms with Gasteiger partial charge >= 0.3 is 0 Å². The van der Waals surface area contributed by atoms with Crippen LogP contribution < -0.4 is 10.1 Å². The standard InChI is InChI=1S/C28H22ClN3O2/c1-3-7-21-14-20(12-13-27(21)34-18-23-9-5-4-8-22(23)16-30)15-24(17-31)28(33)32-26-11-6-10-25(29)19(26)2/h3-6,8-15H,1,7,18H2,2H3,(H,32,33)/b24-15-. The number of halogens is 1. The molecular weight excluding hydrogens is 446 g/mol. The molecule has 0 saturated heterocycles. The van der Waals surface area contributed by atoms with E-state index in [1.165, 1.54) is 6.08 Å². The van der Waals surface area contributed by atoms with Gasteiger partial charge in [-0.15, -0.1) is 6.58 Å². The first-order chi connectivity index (χ1) is 16.5. The highest BCUT2D eigenvalue weighted by atomic mass is 35.5. The van der Waals surface area contributed by atoms with Crippen molar-refractivity contribution < 1.29 is 9.53 Å². The maximum Gasteiger partial charge on any atom is 0.266 e. The number of hydrogen-bond donors (Lipinski definition) is 1. The largest absolute Gasteiger partial charge is 0.489 e. The van der Waals surface area contributed by atoms with Gasteiger partial charge < -0.3 is 10.1 Å². The van der Waals surface area contributed by atoms with Crippen LogP contribution >= 0.6 is 11.6 Å². The zero-order valence-corrected chi connectivity index (χ0v) is 19.4. The maximum absolute atomic E-state index is 12.7. The van der Waals surface area contributed by atoms with Crippen LogP contribution in [0.25, 0.3) is 6.08 Å². The van der Waals surface area contributed by atoms with Crippen LogP contribution in [-0.4, -0.2) is 5.91 Å². The van der Waals surface area contributed by atoms with Gasteiger partial charge in [0.1, 0.15) is 24.0 Å². The Kier molecular flexibility index (Phi) is 8.24. The molecular formula is C28H22ClN3O2. The highest BCUT2D eigenvalue weighted by Gasteiger charge is 2.13. The average molecular weight is 468 g/mol. The van der Waals surface area contributed by atoms with Gasteiger partial charge in [-0.1, -0.05) is 48.0 Å². The lowest BCUT2D eigenvalue weighted by atomic mass is 10.0. The van der Waals surface area contributed by atoms with E-state index < -0.39 is 5.91 Å². The summed E-state index contributed by atoms with van der Waals surface area (Å²) in [5.41, 5.74) is 4.11. The summed E-state index contributed by atoms with van der Waals surface area (Å²) in [6, 6.07) is 22.0. The van der Waals surface area contributed by atoms with E-state index in [9.17, 15) is 15.3 Å². The Morgan fingerprint density at radius 2 is 1.91 bits per heavy atom. The number of carbonyl (C=O) groups is 1. The number of nitrogens with zero attached hydrogens (tertiary/aromatic N) is 2. The average Bonchev–Trinajstić information content (AvgIpc) is 2.85. The maximum atomic E-state index is 12.7. The van der Waals surface area contributed by atoms with Gasteiger partial charge in [-0.3, -0.25) is 4.79 Å². The van der Waals surface area contributed by atoms with Crippen LogP contribution in [-0.2, 0) is 17.8 Å². The molecule has 3 aromatic rings. The molecule has 3 rings (SSSR count). The molecule has 0 saturated carbocycles. The van der Waals surface area contributed by atoms with Crippen molar-refractivity contribution in [2.24, 2.45) is 0 Å². The van der Waals surface area contributed by atoms with Crippen LogP contribution in [0.4, 0.5) is 5.69 Å². The SMILES string of the molecule is C=CCc1cc(/C=C(/C#N)C(=O)Nc2cccc(Cl)c2C)ccc1OCc1ccccc1C#N. The number of nitrogens with one attached hydrogen (secondary N) is 1. The van der Waals surface area contributed by atoms with Crippen LogP contribution in [0.2, 0.25) is 5.02 Å². The number of hydrogen-bond acceptors (Lipinski definition) is 4. The first-order valence-corrected chi connectivity index (χ1v) is 10.9. The molecule has 0 unspecified atom stereocenters. The molecule has 1 N–H and O–H groups in total. The lowest BCUT2D eigenvalue weighted by Crippen LogP contribution is -2.14. The number of benzene rings is 3. The van der Waals surface area contributed by atoms with E-state index >= 15 is 0 Å². The molecule has 0 spiro atoms. The third-order valence-electron chi connectivity index (χ3n) is 5.16. The summed E-state index contributed by atoms with van der Waals surface area (Å²) in [5.74, 6) is 0.119. The van der Waals surface area contributed by atoms with Crippen molar-refractivity contribution in [1.29, 1.82) is 10.5 Å². The Labute approximate surface area is 204 Å². The van der Waals surface area contributed by atoms with Gasteiger partial charge in [-0.05, 0) is 66.4 Å². The molecule has 0 fully saturated rings. The van der Waals surface area contributed by atoms with Crippen molar-refractivity contribution in [3.63, 3.8) is 0 Å². The van der Waals surface area contributed by atoms with Crippen molar-refractivity contribution in [2.45, 2.75) is 20.0 Å². The molecule has 0 atom stereocenters. The van der Waals surface area contributed by atoms with Crippen molar-refractivity contribution in [2.75, 3.05) is 5.32 Å². The molecule has 5 nitrogen and oxygen atoms in total. The first-order valence-electron chi connectivity index (χ1n) is 10.5. The molecule has 34 heavy (non-hydrogen) atoms. The smallest absolute Gasteiger partial charge is 0.266 e. The van der Waals surface area contributed by atoms with E-state index in [4.69, 9.17) is 16.3 Å². The monoisotopic (exact) mass is 467 g/mol. The van der Waals surface area contributed by atoms with Gasteiger partial charge in [0.2, 0.25) is 0 Å². The number of ether oxygens (including phenoxy) is 1. The minimum Gasteiger partial charge on any atom is -0.489 e. The molecule has 6 heteroatoms. The highest BCUT2D eigenvalue weighted by Crippen LogP contribution is 2.26. The van der Waals surface area contributed by atoms with Gasteiger partial charge in [0.05, 0.1) is 11.6 Å². The summed E-state index contributed by atoms with van der Waals surface area (Å²) in [6.07, 6.45) is 3.81. The fraction of sp³-hybridized carbons (Fsp3) is 0.107. The number of nitriles is 2. The summed E-state index contributed by atoms with van der Waals surface area (Å²) >= 11 is 6.12. The van der Waals surface area contributed by atoms with Crippen molar-refractivity contribution >= 4 is 29.3 Å². The van der Waals surface area contributed by atoms with Gasteiger partial charge in [0.15, 0.2) is 0 Å². The first kappa shape index (κ1) is 24.3. The van der Waals surface area contributed by atoms with E-state index in [1.807, 2.05) is 30.3 Å². The molecule has 1 amide bonds. The second-order valence-electron chi connectivity index (χ2n) is 7.45. The lowest BCUT2D eigenvalue weighted by molar-refractivity contribution is -0.112. The van der Waals surface area contributed by atoms with Crippen molar-refractivity contribution in [1.82, 2.24) is 0 Å². The molecule has 0 aliphatic rings. The quantitative estimate of drug-likeness (QED) is 0.237. The van der Waals surface area contributed by atoms with Crippen molar-refractivity contribution in [3.05, 3.63) is 112 Å². The predicted octanol–water partition coefficient (Wildman–Crippen LogP) is 6.37. The molecule has 168 valence electrons. The summed E-state index contributed by atoms with van der Waals surface area (Å²) < 4.78 is 5.98. The second kappa shape index (κ2) is 11.5. The third-order valence-corrected chi connectivity index (χ3v) is 5.57. The van der Waals surface area contributed by atoms with E-state index in [1.54, 1.807) is 49.4 Å². The molecule has 0 heterocycles. The fourth-order valence-corrected chi connectivity index (χ4v) is 3.48.